The first-order valence-corrected chi connectivity index (χ1v) is 7.57. The summed E-state index contributed by atoms with van der Waals surface area (Å²) in [5.41, 5.74) is 1.01. The lowest BCUT2D eigenvalue weighted by molar-refractivity contribution is -0.119. The van der Waals surface area contributed by atoms with E-state index < -0.39 is 0 Å². The highest BCUT2D eigenvalue weighted by molar-refractivity contribution is 6.21. The molecule has 2 aliphatic rings. The van der Waals surface area contributed by atoms with E-state index in [9.17, 15) is 14.4 Å². The molecule has 116 valence electrons. The summed E-state index contributed by atoms with van der Waals surface area (Å²) in [6.45, 7) is 4.47. The molecule has 0 unspecified atom stereocenters. The fraction of sp³-hybridized carbons (Fsp3) is 0.438. The molecule has 0 radical (unpaired) electrons. The highest BCUT2D eigenvalue weighted by Gasteiger charge is 2.34. The van der Waals surface area contributed by atoms with Crippen molar-refractivity contribution < 1.29 is 14.4 Å². The zero-order valence-electron chi connectivity index (χ0n) is 12.4. The van der Waals surface area contributed by atoms with E-state index in [1.807, 2.05) is 0 Å². The zero-order valence-corrected chi connectivity index (χ0v) is 12.4. The van der Waals surface area contributed by atoms with Gasteiger partial charge in [0.05, 0.1) is 11.1 Å². The average Bonchev–Trinajstić information content (AvgIpc) is 2.81. The van der Waals surface area contributed by atoms with Crippen LogP contribution in [0.15, 0.2) is 24.3 Å². The van der Waals surface area contributed by atoms with E-state index in [-0.39, 0.29) is 11.8 Å². The van der Waals surface area contributed by atoms with Gasteiger partial charge in [-0.2, -0.15) is 0 Å². The smallest absolute Gasteiger partial charge is 0.261 e. The lowest BCUT2D eigenvalue weighted by Crippen LogP contribution is -2.46. The van der Waals surface area contributed by atoms with Gasteiger partial charge in [-0.15, -0.1) is 0 Å². The minimum Gasteiger partial charge on any atom is -0.343 e. The highest BCUT2D eigenvalue weighted by atomic mass is 16.2. The molecule has 2 heterocycles. The van der Waals surface area contributed by atoms with Gasteiger partial charge in [-0.1, -0.05) is 12.1 Å². The van der Waals surface area contributed by atoms with E-state index >= 15 is 0 Å². The molecule has 3 amide bonds. The molecule has 22 heavy (non-hydrogen) atoms. The predicted molar refractivity (Wildman–Crippen MR) is 80.5 cm³/mol. The van der Waals surface area contributed by atoms with Crippen LogP contribution in [0, 0.1) is 0 Å². The molecule has 6 nitrogen and oxygen atoms in total. The van der Waals surface area contributed by atoms with Gasteiger partial charge in [-0.3, -0.25) is 24.2 Å². The molecule has 1 fully saturated rings. The van der Waals surface area contributed by atoms with Gasteiger partial charge >= 0.3 is 0 Å². The van der Waals surface area contributed by atoms with Gasteiger partial charge in [0, 0.05) is 32.7 Å². The number of carbonyl (C=O) groups excluding carboxylic acids is 3. The summed E-state index contributed by atoms with van der Waals surface area (Å²) in [7, 11) is 0. The van der Waals surface area contributed by atoms with Crippen LogP contribution in [0.5, 0.6) is 0 Å². The number of amides is 3. The van der Waals surface area contributed by atoms with Gasteiger partial charge in [0.1, 0.15) is 0 Å². The summed E-state index contributed by atoms with van der Waals surface area (Å²) in [6.07, 6.45) is 1.64. The van der Waals surface area contributed by atoms with Crippen molar-refractivity contribution in [3.05, 3.63) is 35.4 Å². The van der Waals surface area contributed by atoms with Gasteiger partial charge in [-0.25, -0.2) is 0 Å². The molecule has 1 aromatic carbocycles. The summed E-state index contributed by atoms with van der Waals surface area (Å²) < 4.78 is 0. The molecular formula is C16H19N3O3. The minimum atomic E-state index is -0.189. The molecule has 0 aliphatic carbocycles. The second kappa shape index (κ2) is 6.27. The molecule has 1 saturated heterocycles. The van der Waals surface area contributed by atoms with Crippen LogP contribution >= 0.6 is 0 Å². The number of benzene rings is 1. The number of imide groups is 1. The molecule has 0 atom stereocenters. The van der Waals surface area contributed by atoms with Crippen LogP contribution < -0.4 is 0 Å². The maximum atomic E-state index is 12.2. The Morgan fingerprint density at radius 2 is 1.50 bits per heavy atom. The monoisotopic (exact) mass is 301 g/mol. The van der Waals surface area contributed by atoms with E-state index in [2.05, 4.69) is 4.90 Å². The normalized spacial score (nSPS) is 18.7. The van der Waals surface area contributed by atoms with Crippen molar-refractivity contribution in [2.45, 2.75) is 6.42 Å². The van der Waals surface area contributed by atoms with Gasteiger partial charge < -0.3 is 4.90 Å². The first kappa shape index (κ1) is 14.7. The number of piperazine rings is 1. The largest absolute Gasteiger partial charge is 0.343 e. The highest BCUT2D eigenvalue weighted by Crippen LogP contribution is 2.22. The van der Waals surface area contributed by atoms with Crippen molar-refractivity contribution in [3.63, 3.8) is 0 Å². The Morgan fingerprint density at radius 3 is 2.05 bits per heavy atom. The van der Waals surface area contributed by atoms with Crippen molar-refractivity contribution in [1.29, 1.82) is 0 Å². The molecule has 2 aliphatic heterocycles. The SMILES string of the molecule is O=CN1CCN(CCCN2C(=O)c3ccccc3C2=O)CC1. The van der Waals surface area contributed by atoms with Crippen molar-refractivity contribution in [1.82, 2.24) is 14.7 Å². The van der Waals surface area contributed by atoms with E-state index in [4.69, 9.17) is 0 Å². The van der Waals surface area contributed by atoms with Gasteiger partial charge in [0.2, 0.25) is 6.41 Å². The third-order valence-electron chi connectivity index (χ3n) is 4.29. The summed E-state index contributed by atoms with van der Waals surface area (Å²) in [6, 6.07) is 6.96. The van der Waals surface area contributed by atoms with Crippen molar-refractivity contribution in [3.8, 4) is 0 Å². The number of hydrogen-bond acceptors (Lipinski definition) is 4. The molecule has 0 N–H and O–H groups in total. The molecule has 3 rings (SSSR count). The van der Waals surface area contributed by atoms with Gasteiger partial charge in [0.15, 0.2) is 0 Å². The molecule has 0 bridgehead atoms. The third-order valence-corrected chi connectivity index (χ3v) is 4.29. The lowest BCUT2D eigenvalue weighted by Gasteiger charge is -2.32. The van der Waals surface area contributed by atoms with E-state index in [0.29, 0.717) is 17.7 Å². The predicted octanol–water partition coefficient (Wildman–Crippen LogP) is 0.447. The van der Waals surface area contributed by atoms with Gasteiger partial charge in [-0.05, 0) is 25.1 Å². The van der Waals surface area contributed by atoms with Crippen LogP contribution in [-0.4, -0.2) is 72.2 Å². The summed E-state index contributed by atoms with van der Waals surface area (Å²) >= 11 is 0. The molecule has 0 spiro atoms. The van der Waals surface area contributed by atoms with E-state index in [0.717, 1.165) is 45.6 Å². The number of nitrogens with zero attached hydrogens (tertiary/aromatic N) is 3. The maximum absolute atomic E-state index is 12.2. The molecule has 0 saturated carbocycles. The molecule has 0 aromatic heterocycles. The van der Waals surface area contributed by atoms with Crippen LogP contribution in [0.1, 0.15) is 27.1 Å². The number of rotatable bonds is 5. The van der Waals surface area contributed by atoms with Crippen LogP contribution in [-0.2, 0) is 4.79 Å². The summed E-state index contributed by atoms with van der Waals surface area (Å²) in [4.78, 5) is 40.5. The van der Waals surface area contributed by atoms with Crippen LogP contribution in [0.4, 0.5) is 0 Å². The fourth-order valence-corrected chi connectivity index (χ4v) is 2.99. The molecule has 1 aromatic rings. The Balaban J connectivity index is 1.50. The second-order valence-electron chi connectivity index (χ2n) is 5.64. The first-order chi connectivity index (χ1) is 10.7. The number of hydrogen-bond donors (Lipinski definition) is 0. The number of fused-ring (bicyclic) bond motifs is 1. The van der Waals surface area contributed by atoms with Gasteiger partial charge in [0.25, 0.3) is 11.8 Å². The maximum Gasteiger partial charge on any atom is 0.261 e. The van der Waals surface area contributed by atoms with Crippen LogP contribution in [0.25, 0.3) is 0 Å². The van der Waals surface area contributed by atoms with E-state index in [1.165, 1.54) is 4.90 Å². The van der Waals surface area contributed by atoms with Crippen molar-refractivity contribution in [2.75, 3.05) is 39.3 Å². The standard InChI is InChI=1S/C16H19N3O3/c20-12-18-10-8-17(9-11-18)6-3-7-19-15(21)13-4-1-2-5-14(13)16(19)22/h1-2,4-5,12H,3,6-11H2. The Labute approximate surface area is 129 Å². The summed E-state index contributed by atoms with van der Waals surface area (Å²) in [5, 5.41) is 0. The Morgan fingerprint density at radius 1 is 0.909 bits per heavy atom. The third kappa shape index (κ3) is 2.74. The Hall–Kier alpha value is -2.21. The fourth-order valence-electron chi connectivity index (χ4n) is 2.99. The van der Waals surface area contributed by atoms with Crippen molar-refractivity contribution >= 4 is 18.2 Å². The van der Waals surface area contributed by atoms with Crippen molar-refractivity contribution in [2.24, 2.45) is 0 Å². The molecular weight excluding hydrogens is 282 g/mol. The quantitative estimate of drug-likeness (QED) is 0.585. The zero-order chi connectivity index (χ0) is 15.5. The minimum absolute atomic E-state index is 0.189. The first-order valence-electron chi connectivity index (χ1n) is 7.57. The topological polar surface area (TPSA) is 60.9 Å². The number of carbonyl (C=O) groups is 3. The summed E-state index contributed by atoms with van der Waals surface area (Å²) in [5.74, 6) is -0.377. The van der Waals surface area contributed by atoms with E-state index in [1.54, 1.807) is 29.2 Å². The lowest BCUT2D eigenvalue weighted by atomic mass is 10.1. The Kier molecular flexibility index (Phi) is 4.20. The van der Waals surface area contributed by atoms with Crippen LogP contribution in [0.3, 0.4) is 0 Å². The average molecular weight is 301 g/mol. The Bertz CT molecular complexity index is 559. The molecule has 6 heteroatoms. The van der Waals surface area contributed by atoms with Crippen LogP contribution in [0.2, 0.25) is 0 Å². The second-order valence-corrected chi connectivity index (χ2v) is 5.64.